The molecule has 0 saturated heterocycles. The Balaban J connectivity index is 2.69. The molecule has 0 aliphatic heterocycles. The molecule has 0 aromatic heterocycles. The van der Waals surface area contributed by atoms with Gasteiger partial charge in [-0.1, -0.05) is 19.1 Å². The number of carbonyl (C=O) groups excluding carboxylic acids is 2. The van der Waals surface area contributed by atoms with Gasteiger partial charge in [-0.3, -0.25) is 9.59 Å². The maximum atomic E-state index is 12.0. The number of nitrogens with zero attached hydrogens (tertiary/aromatic N) is 1. The van der Waals surface area contributed by atoms with Crippen LogP contribution in [-0.2, 0) is 14.8 Å². The third-order valence-electron chi connectivity index (χ3n) is 3.62. The molecule has 0 aliphatic rings. The zero-order valence-electron chi connectivity index (χ0n) is 14.0. The summed E-state index contributed by atoms with van der Waals surface area (Å²) in [6.07, 6.45) is 1.88. The number of Topliss-reactive ketones (excluding diaryl/α,β-unsaturated/α-hetero) is 1. The van der Waals surface area contributed by atoms with E-state index in [1.165, 1.54) is 11.2 Å². The molecule has 1 amide bonds. The molecule has 1 atom stereocenters. The molecule has 1 unspecified atom stereocenters. The highest BCUT2D eigenvalue weighted by Gasteiger charge is 2.22. The van der Waals surface area contributed by atoms with Crippen molar-refractivity contribution in [2.45, 2.75) is 39.7 Å². The number of amides is 1. The molecule has 0 bridgehead atoms. The van der Waals surface area contributed by atoms with Crippen LogP contribution in [0.25, 0.3) is 0 Å². The summed E-state index contributed by atoms with van der Waals surface area (Å²) in [4.78, 5) is 23.3. The Bertz CT molecular complexity index is 670. The minimum absolute atomic E-state index is 0.0573. The van der Waals surface area contributed by atoms with Gasteiger partial charge in [-0.15, -0.1) is 0 Å². The molecule has 1 aromatic rings. The topological polar surface area (TPSA) is 83.6 Å². The number of sulfonamides is 1. The lowest BCUT2D eigenvalue weighted by Crippen LogP contribution is -2.39. The van der Waals surface area contributed by atoms with E-state index in [-0.39, 0.29) is 30.7 Å². The maximum Gasteiger partial charge on any atom is 0.225 e. The summed E-state index contributed by atoms with van der Waals surface area (Å²) in [5.74, 6) is -0.372. The first kappa shape index (κ1) is 19.3. The van der Waals surface area contributed by atoms with Crippen LogP contribution in [-0.4, -0.2) is 43.3 Å². The van der Waals surface area contributed by atoms with E-state index in [2.05, 4.69) is 5.32 Å². The molecule has 0 fully saturated rings. The van der Waals surface area contributed by atoms with Crippen molar-refractivity contribution < 1.29 is 18.0 Å². The van der Waals surface area contributed by atoms with Gasteiger partial charge in [-0.2, -0.15) is 4.31 Å². The zero-order valence-corrected chi connectivity index (χ0v) is 14.8. The highest BCUT2D eigenvalue weighted by Crippen LogP contribution is 2.13. The Morgan fingerprint density at radius 3 is 2.48 bits per heavy atom. The first-order valence-corrected chi connectivity index (χ1v) is 9.37. The summed E-state index contributed by atoms with van der Waals surface area (Å²) >= 11 is 0. The van der Waals surface area contributed by atoms with Gasteiger partial charge in [0.25, 0.3) is 0 Å². The minimum atomic E-state index is -3.35. The van der Waals surface area contributed by atoms with Crippen molar-refractivity contribution in [3.63, 3.8) is 0 Å². The van der Waals surface area contributed by atoms with Gasteiger partial charge in [0.15, 0.2) is 5.78 Å². The van der Waals surface area contributed by atoms with Gasteiger partial charge >= 0.3 is 0 Å². The molecule has 128 valence electrons. The predicted molar refractivity (Wildman–Crippen MR) is 91.0 cm³/mol. The number of carbonyl (C=O) groups is 2. The van der Waals surface area contributed by atoms with Crippen molar-refractivity contribution in [2.75, 3.05) is 18.1 Å². The Morgan fingerprint density at radius 1 is 1.30 bits per heavy atom. The van der Waals surface area contributed by atoms with Gasteiger partial charge in [0.2, 0.25) is 15.9 Å². The van der Waals surface area contributed by atoms with E-state index in [9.17, 15) is 18.0 Å². The van der Waals surface area contributed by atoms with E-state index in [1.807, 2.05) is 13.8 Å². The number of hydrogen-bond acceptors (Lipinski definition) is 4. The molecule has 7 heteroatoms. The minimum Gasteiger partial charge on any atom is -0.326 e. The smallest absolute Gasteiger partial charge is 0.225 e. The molecule has 0 radical (unpaired) electrons. The number of rotatable bonds is 8. The third kappa shape index (κ3) is 6.11. The Morgan fingerprint density at radius 2 is 1.96 bits per heavy atom. The predicted octanol–water partition coefficient (Wildman–Crippen LogP) is 2.28. The maximum absolute atomic E-state index is 12.0. The van der Waals surface area contributed by atoms with Crippen molar-refractivity contribution in [1.82, 2.24) is 4.31 Å². The van der Waals surface area contributed by atoms with Crippen LogP contribution in [0.2, 0.25) is 0 Å². The fraction of sp³-hybridized carbons (Fsp3) is 0.500. The molecule has 1 aromatic carbocycles. The van der Waals surface area contributed by atoms with Crippen molar-refractivity contribution >= 4 is 27.4 Å². The van der Waals surface area contributed by atoms with Gasteiger partial charge in [-0.05, 0) is 32.4 Å². The lowest BCUT2D eigenvalue weighted by molar-refractivity contribution is -0.116. The van der Waals surface area contributed by atoms with Crippen LogP contribution >= 0.6 is 0 Å². The van der Waals surface area contributed by atoms with E-state index >= 15 is 0 Å². The van der Waals surface area contributed by atoms with Gasteiger partial charge in [0.05, 0.1) is 6.26 Å². The summed E-state index contributed by atoms with van der Waals surface area (Å²) < 4.78 is 24.9. The lowest BCUT2D eigenvalue weighted by atomic mass is 10.1. The second kappa shape index (κ2) is 8.21. The number of benzene rings is 1. The third-order valence-corrected chi connectivity index (χ3v) is 5.01. The molecule has 0 saturated carbocycles. The molecular weight excluding hydrogens is 316 g/mol. The Labute approximate surface area is 137 Å². The number of anilines is 1. The summed E-state index contributed by atoms with van der Waals surface area (Å²) in [5, 5.41) is 2.69. The standard InChI is InChI=1S/C16H24N2O4S/c1-5-12(2)18(23(4,21)22)10-9-16(20)17-15-8-6-7-14(11-15)13(3)19/h6-8,11-12H,5,9-10H2,1-4H3,(H,17,20). The average molecular weight is 340 g/mol. The number of hydrogen-bond donors (Lipinski definition) is 1. The average Bonchev–Trinajstić information content (AvgIpc) is 2.45. The van der Waals surface area contributed by atoms with E-state index in [0.717, 1.165) is 6.26 Å². The fourth-order valence-electron chi connectivity index (χ4n) is 2.17. The Hall–Kier alpha value is -1.73. The summed E-state index contributed by atoms with van der Waals surface area (Å²) in [5.41, 5.74) is 1.04. The molecular formula is C16H24N2O4S. The summed E-state index contributed by atoms with van der Waals surface area (Å²) in [6, 6.07) is 6.50. The van der Waals surface area contributed by atoms with Crippen LogP contribution in [0.15, 0.2) is 24.3 Å². The van der Waals surface area contributed by atoms with Gasteiger partial charge in [0.1, 0.15) is 0 Å². The SMILES string of the molecule is CCC(C)N(CCC(=O)Nc1cccc(C(C)=O)c1)S(C)(=O)=O. The highest BCUT2D eigenvalue weighted by molar-refractivity contribution is 7.88. The Kier molecular flexibility index (Phi) is 6.90. The molecule has 0 heterocycles. The van der Waals surface area contributed by atoms with Crippen LogP contribution < -0.4 is 5.32 Å². The summed E-state index contributed by atoms with van der Waals surface area (Å²) in [6.45, 7) is 5.30. The number of ketones is 1. The highest BCUT2D eigenvalue weighted by atomic mass is 32.2. The van der Waals surface area contributed by atoms with Crippen LogP contribution in [0.1, 0.15) is 44.0 Å². The van der Waals surface area contributed by atoms with Crippen molar-refractivity contribution in [3.8, 4) is 0 Å². The second-order valence-corrected chi connectivity index (χ2v) is 7.50. The van der Waals surface area contributed by atoms with Crippen LogP contribution in [0.4, 0.5) is 5.69 Å². The zero-order chi connectivity index (χ0) is 17.6. The first-order chi connectivity index (χ1) is 10.6. The van der Waals surface area contributed by atoms with Gasteiger partial charge in [-0.25, -0.2) is 8.42 Å². The quantitative estimate of drug-likeness (QED) is 0.736. The van der Waals surface area contributed by atoms with E-state index < -0.39 is 10.0 Å². The monoisotopic (exact) mass is 340 g/mol. The molecule has 0 spiro atoms. The first-order valence-electron chi connectivity index (χ1n) is 7.52. The van der Waals surface area contributed by atoms with Gasteiger partial charge in [0, 0.05) is 30.3 Å². The number of nitrogens with one attached hydrogen (secondary N) is 1. The summed E-state index contributed by atoms with van der Waals surface area (Å²) in [7, 11) is -3.35. The van der Waals surface area contributed by atoms with Crippen molar-refractivity contribution in [3.05, 3.63) is 29.8 Å². The van der Waals surface area contributed by atoms with E-state index in [0.29, 0.717) is 17.7 Å². The van der Waals surface area contributed by atoms with E-state index in [4.69, 9.17) is 0 Å². The van der Waals surface area contributed by atoms with Crippen LogP contribution in [0, 0.1) is 0 Å². The van der Waals surface area contributed by atoms with Crippen molar-refractivity contribution in [2.24, 2.45) is 0 Å². The largest absolute Gasteiger partial charge is 0.326 e. The van der Waals surface area contributed by atoms with Crippen LogP contribution in [0.3, 0.4) is 0 Å². The molecule has 23 heavy (non-hydrogen) atoms. The lowest BCUT2D eigenvalue weighted by Gasteiger charge is -2.25. The van der Waals surface area contributed by atoms with Crippen LogP contribution in [0.5, 0.6) is 0 Å². The molecule has 1 rings (SSSR count). The molecule has 6 nitrogen and oxygen atoms in total. The second-order valence-electron chi connectivity index (χ2n) is 5.57. The normalized spacial score (nSPS) is 12.9. The van der Waals surface area contributed by atoms with Crippen molar-refractivity contribution in [1.29, 1.82) is 0 Å². The fourth-order valence-corrected chi connectivity index (χ4v) is 3.39. The molecule has 1 N–H and O–H groups in total. The van der Waals surface area contributed by atoms with Gasteiger partial charge < -0.3 is 5.32 Å². The van der Waals surface area contributed by atoms with E-state index in [1.54, 1.807) is 24.3 Å². The molecule has 0 aliphatic carbocycles.